The van der Waals surface area contributed by atoms with Gasteiger partial charge in [0.15, 0.2) is 5.69 Å². The van der Waals surface area contributed by atoms with Crippen molar-refractivity contribution in [3.8, 4) is 0 Å². The summed E-state index contributed by atoms with van der Waals surface area (Å²) in [7, 11) is 0. The molecule has 1 atom stereocenters. The van der Waals surface area contributed by atoms with Gasteiger partial charge in [0.05, 0.1) is 11.1 Å². The highest BCUT2D eigenvalue weighted by Gasteiger charge is 2.22. The Balaban J connectivity index is 1.84. The van der Waals surface area contributed by atoms with Gasteiger partial charge in [-0.3, -0.25) is 9.20 Å². The number of aryl methyl sites for hydroxylation is 1. The van der Waals surface area contributed by atoms with Crippen LogP contribution in [0.15, 0.2) is 24.7 Å². The molecule has 24 heavy (non-hydrogen) atoms. The Morgan fingerprint density at radius 2 is 2.25 bits per heavy atom. The third kappa shape index (κ3) is 2.96. The van der Waals surface area contributed by atoms with E-state index in [1.165, 1.54) is 12.5 Å². The molecule has 3 aromatic heterocycles. The molecule has 0 unspecified atom stereocenters. The van der Waals surface area contributed by atoms with Crippen molar-refractivity contribution in [1.82, 2.24) is 29.5 Å². The fourth-order valence-electron chi connectivity index (χ4n) is 2.46. The molecule has 0 saturated carbocycles. The van der Waals surface area contributed by atoms with Gasteiger partial charge in [-0.05, 0) is 25.5 Å². The number of pyridine rings is 1. The zero-order valence-corrected chi connectivity index (χ0v) is 14.0. The average molecular weight is 351 g/mol. The SMILES string of the molecule is CCCn1ncnc1[C@H](C)NC(=O)c1nc2ccc(Cl)cn2c1F. The fourth-order valence-corrected chi connectivity index (χ4v) is 2.62. The number of hydrogen-bond donors (Lipinski definition) is 1. The van der Waals surface area contributed by atoms with Crippen molar-refractivity contribution < 1.29 is 9.18 Å². The smallest absolute Gasteiger partial charge is 0.275 e. The number of amides is 1. The van der Waals surface area contributed by atoms with E-state index in [2.05, 4.69) is 20.4 Å². The Labute approximate surface area is 142 Å². The molecule has 0 spiro atoms. The first kappa shape index (κ1) is 16.4. The van der Waals surface area contributed by atoms with Crippen molar-refractivity contribution in [3.63, 3.8) is 0 Å². The van der Waals surface area contributed by atoms with Gasteiger partial charge in [-0.25, -0.2) is 14.6 Å². The Bertz CT molecular complexity index is 889. The summed E-state index contributed by atoms with van der Waals surface area (Å²) in [6.07, 6.45) is 3.69. The zero-order valence-electron chi connectivity index (χ0n) is 13.2. The third-order valence-electron chi connectivity index (χ3n) is 3.56. The van der Waals surface area contributed by atoms with Crippen LogP contribution >= 0.6 is 11.6 Å². The predicted octanol–water partition coefficient (Wildman–Crippen LogP) is 2.62. The molecule has 9 heteroatoms. The van der Waals surface area contributed by atoms with Gasteiger partial charge >= 0.3 is 0 Å². The molecule has 0 aromatic carbocycles. The summed E-state index contributed by atoms with van der Waals surface area (Å²) < 4.78 is 17.3. The fraction of sp³-hybridized carbons (Fsp3) is 0.333. The first-order valence-corrected chi connectivity index (χ1v) is 7.90. The van der Waals surface area contributed by atoms with Gasteiger partial charge < -0.3 is 5.32 Å². The topological polar surface area (TPSA) is 77.1 Å². The van der Waals surface area contributed by atoms with Crippen molar-refractivity contribution in [2.24, 2.45) is 0 Å². The number of nitrogens with zero attached hydrogens (tertiary/aromatic N) is 5. The van der Waals surface area contributed by atoms with E-state index >= 15 is 0 Å². The number of rotatable bonds is 5. The van der Waals surface area contributed by atoms with Gasteiger partial charge in [0.25, 0.3) is 5.91 Å². The van der Waals surface area contributed by atoms with E-state index in [9.17, 15) is 9.18 Å². The maximum Gasteiger partial charge on any atom is 0.275 e. The molecule has 126 valence electrons. The Morgan fingerprint density at radius 3 is 3.00 bits per heavy atom. The standard InChI is InChI=1S/C15H16ClFN6O/c1-3-6-23-14(18-8-19-23)9(2)20-15(24)12-13(17)22-7-10(16)4-5-11(22)21-12/h4-5,7-9H,3,6H2,1-2H3,(H,20,24)/t9-/m0/s1. The number of fused-ring (bicyclic) bond motifs is 1. The normalized spacial score (nSPS) is 12.5. The molecule has 1 N–H and O–H groups in total. The molecule has 3 rings (SSSR count). The van der Waals surface area contributed by atoms with Crippen molar-refractivity contribution in [1.29, 1.82) is 0 Å². The van der Waals surface area contributed by atoms with Crippen LogP contribution in [0.2, 0.25) is 5.02 Å². The van der Waals surface area contributed by atoms with E-state index in [0.29, 0.717) is 23.0 Å². The highest BCUT2D eigenvalue weighted by molar-refractivity contribution is 6.30. The molecule has 3 heterocycles. The largest absolute Gasteiger partial charge is 0.341 e. The first-order valence-electron chi connectivity index (χ1n) is 7.53. The van der Waals surface area contributed by atoms with Crippen molar-refractivity contribution >= 4 is 23.2 Å². The van der Waals surface area contributed by atoms with Crippen molar-refractivity contribution in [2.45, 2.75) is 32.9 Å². The van der Waals surface area contributed by atoms with Crippen LogP contribution in [0.4, 0.5) is 4.39 Å². The Morgan fingerprint density at radius 1 is 1.46 bits per heavy atom. The lowest BCUT2D eigenvalue weighted by molar-refractivity contribution is 0.0928. The summed E-state index contributed by atoms with van der Waals surface area (Å²) in [5.74, 6) is -0.768. The minimum Gasteiger partial charge on any atom is -0.341 e. The van der Waals surface area contributed by atoms with Crippen LogP contribution in [0.1, 0.15) is 42.6 Å². The highest BCUT2D eigenvalue weighted by atomic mass is 35.5. The Hall–Kier alpha value is -2.48. The van der Waals surface area contributed by atoms with Crippen LogP contribution in [0.5, 0.6) is 0 Å². The van der Waals surface area contributed by atoms with Crippen LogP contribution in [0.3, 0.4) is 0 Å². The number of nitrogens with one attached hydrogen (secondary N) is 1. The molecule has 0 radical (unpaired) electrons. The summed E-state index contributed by atoms with van der Waals surface area (Å²) in [5.41, 5.74) is 0.0227. The lowest BCUT2D eigenvalue weighted by Gasteiger charge is -2.13. The van der Waals surface area contributed by atoms with Gasteiger partial charge in [0, 0.05) is 12.7 Å². The van der Waals surface area contributed by atoms with Crippen LogP contribution < -0.4 is 5.32 Å². The highest BCUT2D eigenvalue weighted by Crippen LogP contribution is 2.17. The zero-order chi connectivity index (χ0) is 17.3. The summed E-state index contributed by atoms with van der Waals surface area (Å²) in [6.45, 7) is 4.47. The molecule has 1 amide bonds. The van der Waals surface area contributed by atoms with Crippen molar-refractivity contribution in [3.05, 3.63) is 47.1 Å². The lowest BCUT2D eigenvalue weighted by atomic mass is 10.3. The Kier molecular flexibility index (Phi) is 4.48. The van der Waals surface area contributed by atoms with E-state index in [0.717, 1.165) is 10.8 Å². The molecule has 0 aliphatic rings. The molecule has 0 saturated heterocycles. The van der Waals surface area contributed by atoms with Crippen LogP contribution in [0.25, 0.3) is 5.65 Å². The van der Waals surface area contributed by atoms with Crippen LogP contribution in [-0.4, -0.2) is 30.1 Å². The number of carbonyl (C=O) groups excluding carboxylic acids is 1. The molecular formula is C15H16ClFN6O. The second kappa shape index (κ2) is 6.56. The summed E-state index contributed by atoms with van der Waals surface area (Å²) in [4.78, 5) is 20.6. The molecule has 3 aromatic rings. The maximum atomic E-state index is 14.4. The number of imidazole rings is 1. The second-order valence-corrected chi connectivity index (χ2v) is 5.80. The first-order chi connectivity index (χ1) is 11.5. The maximum absolute atomic E-state index is 14.4. The third-order valence-corrected chi connectivity index (χ3v) is 3.78. The van der Waals surface area contributed by atoms with Crippen molar-refractivity contribution in [2.75, 3.05) is 0 Å². The minimum absolute atomic E-state index is 0.286. The number of carbonyl (C=O) groups is 1. The summed E-state index contributed by atoms with van der Waals surface area (Å²) in [5, 5.41) is 7.17. The summed E-state index contributed by atoms with van der Waals surface area (Å²) in [6, 6.07) is 2.70. The molecule has 0 bridgehead atoms. The van der Waals surface area contributed by atoms with E-state index < -0.39 is 17.9 Å². The second-order valence-electron chi connectivity index (χ2n) is 5.36. The average Bonchev–Trinajstić information content (AvgIpc) is 3.13. The quantitative estimate of drug-likeness (QED) is 0.767. The van der Waals surface area contributed by atoms with Gasteiger partial charge in [0.2, 0.25) is 5.95 Å². The van der Waals surface area contributed by atoms with E-state index in [1.807, 2.05) is 6.92 Å². The molecular weight excluding hydrogens is 335 g/mol. The van der Waals surface area contributed by atoms with E-state index in [1.54, 1.807) is 23.7 Å². The number of hydrogen-bond acceptors (Lipinski definition) is 4. The molecule has 7 nitrogen and oxygen atoms in total. The number of aromatic nitrogens is 5. The van der Waals surface area contributed by atoms with Crippen LogP contribution in [0, 0.1) is 5.95 Å². The van der Waals surface area contributed by atoms with E-state index in [-0.39, 0.29) is 5.69 Å². The molecule has 0 aliphatic carbocycles. The van der Waals surface area contributed by atoms with Gasteiger partial charge in [0.1, 0.15) is 17.8 Å². The number of halogens is 2. The molecule has 0 aliphatic heterocycles. The molecule has 0 fully saturated rings. The summed E-state index contributed by atoms with van der Waals surface area (Å²) >= 11 is 5.84. The van der Waals surface area contributed by atoms with Crippen LogP contribution in [-0.2, 0) is 6.54 Å². The van der Waals surface area contributed by atoms with Gasteiger partial charge in [-0.1, -0.05) is 18.5 Å². The van der Waals surface area contributed by atoms with Gasteiger partial charge in [-0.15, -0.1) is 0 Å². The monoisotopic (exact) mass is 350 g/mol. The van der Waals surface area contributed by atoms with E-state index in [4.69, 9.17) is 11.6 Å². The lowest BCUT2D eigenvalue weighted by Crippen LogP contribution is -2.30. The van der Waals surface area contributed by atoms with Gasteiger partial charge in [-0.2, -0.15) is 9.49 Å². The minimum atomic E-state index is -0.757. The predicted molar refractivity (Wildman–Crippen MR) is 86.4 cm³/mol.